The topological polar surface area (TPSA) is 101 Å². The molecule has 2 aromatic carbocycles. The van der Waals surface area contributed by atoms with Gasteiger partial charge in [-0.1, -0.05) is 55.5 Å². The summed E-state index contributed by atoms with van der Waals surface area (Å²) in [5.41, 5.74) is 13.2. The smallest absolute Gasteiger partial charge is 0.370 e. The standard InChI is InChI=1S/C20H23F3N6/c1-13(15-7-3-2-4-8-15)20(25)28-17(24)27-18(29-20)26-11-10-14-6-5-9-16(12-14)19(21,22)23/h2-9,12-13H,10-11,25H2,1H3,(H4,24,26,27,28,29)/t13-,20?/m0/s1. The van der Waals surface area contributed by atoms with E-state index in [9.17, 15) is 13.2 Å². The lowest BCUT2D eigenvalue weighted by Crippen LogP contribution is -2.66. The Morgan fingerprint density at radius 1 is 1.14 bits per heavy atom. The molecule has 0 aromatic heterocycles. The highest BCUT2D eigenvalue weighted by atomic mass is 19.4. The molecule has 0 bridgehead atoms. The molecule has 3 rings (SSSR count). The van der Waals surface area contributed by atoms with Crippen LogP contribution in [0.1, 0.15) is 29.5 Å². The lowest BCUT2D eigenvalue weighted by molar-refractivity contribution is -0.137. The van der Waals surface area contributed by atoms with Gasteiger partial charge < -0.3 is 11.1 Å². The summed E-state index contributed by atoms with van der Waals surface area (Å²) in [5, 5.41) is 5.86. The van der Waals surface area contributed by atoms with Crippen LogP contribution >= 0.6 is 0 Å². The molecule has 0 saturated heterocycles. The number of aliphatic imine (C=N–C) groups is 2. The minimum Gasteiger partial charge on any atom is -0.370 e. The van der Waals surface area contributed by atoms with Crippen molar-refractivity contribution in [2.75, 3.05) is 6.54 Å². The second-order valence-electron chi connectivity index (χ2n) is 6.88. The Morgan fingerprint density at radius 2 is 1.86 bits per heavy atom. The van der Waals surface area contributed by atoms with Crippen LogP contribution in [0.4, 0.5) is 13.2 Å². The van der Waals surface area contributed by atoms with Crippen molar-refractivity contribution in [3.05, 3.63) is 71.3 Å². The van der Waals surface area contributed by atoms with Gasteiger partial charge in [-0.25, -0.2) is 4.99 Å². The number of hydrogen-bond acceptors (Lipinski definition) is 4. The molecule has 6 N–H and O–H groups in total. The molecular weight excluding hydrogens is 381 g/mol. The highest BCUT2D eigenvalue weighted by Gasteiger charge is 2.37. The van der Waals surface area contributed by atoms with Gasteiger partial charge in [0.25, 0.3) is 0 Å². The summed E-state index contributed by atoms with van der Waals surface area (Å²) in [6.07, 6.45) is -4.04. The second-order valence-corrected chi connectivity index (χ2v) is 6.88. The Bertz CT molecular complexity index is 910. The summed E-state index contributed by atoms with van der Waals surface area (Å²) < 4.78 is 38.5. The minimum atomic E-state index is -4.37. The van der Waals surface area contributed by atoms with Gasteiger partial charge in [0.1, 0.15) is 0 Å². The maximum absolute atomic E-state index is 12.8. The van der Waals surface area contributed by atoms with E-state index >= 15 is 0 Å². The Kier molecular flexibility index (Phi) is 5.78. The zero-order chi connectivity index (χ0) is 21.1. The molecule has 2 atom stereocenters. The van der Waals surface area contributed by atoms with Gasteiger partial charge >= 0.3 is 6.18 Å². The Morgan fingerprint density at radius 3 is 2.55 bits per heavy atom. The van der Waals surface area contributed by atoms with Crippen LogP contribution in [-0.4, -0.2) is 24.3 Å². The van der Waals surface area contributed by atoms with E-state index in [0.29, 0.717) is 17.9 Å². The molecule has 154 valence electrons. The largest absolute Gasteiger partial charge is 0.416 e. The molecule has 0 fully saturated rings. The van der Waals surface area contributed by atoms with E-state index in [0.717, 1.165) is 17.7 Å². The average molecular weight is 404 g/mol. The van der Waals surface area contributed by atoms with Gasteiger partial charge in [-0.3, -0.25) is 16.0 Å². The number of guanidine groups is 2. The van der Waals surface area contributed by atoms with Gasteiger partial charge in [-0.2, -0.15) is 13.2 Å². The summed E-state index contributed by atoms with van der Waals surface area (Å²) in [6.45, 7) is 2.17. The number of rotatable bonds is 5. The maximum Gasteiger partial charge on any atom is 0.416 e. The van der Waals surface area contributed by atoms with Crippen LogP contribution in [0.25, 0.3) is 0 Å². The zero-order valence-corrected chi connectivity index (χ0v) is 15.9. The molecule has 2 aromatic rings. The molecule has 9 heteroatoms. The van der Waals surface area contributed by atoms with Crippen molar-refractivity contribution in [2.24, 2.45) is 21.5 Å². The quantitative estimate of drug-likeness (QED) is 0.615. The summed E-state index contributed by atoms with van der Waals surface area (Å²) >= 11 is 0. The van der Waals surface area contributed by atoms with Crippen molar-refractivity contribution in [1.82, 2.24) is 10.6 Å². The highest BCUT2D eigenvalue weighted by Crippen LogP contribution is 2.29. The van der Waals surface area contributed by atoms with E-state index in [2.05, 4.69) is 20.6 Å². The van der Waals surface area contributed by atoms with E-state index in [1.165, 1.54) is 6.07 Å². The lowest BCUT2D eigenvalue weighted by atomic mass is 9.94. The molecule has 0 radical (unpaired) electrons. The van der Waals surface area contributed by atoms with Crippen LogP contribution in [0.2, 0.25) is 0 Å². The second kappa shape index (κ2) is 8.12. The van der Waals surface area contributed by atoms with Crippen molar-refractivity contribution in [2.45, 2.75) is 31.2 Å². The summed E-state index contributed by atoms with van der Waals surface area (Å²) in [5.74, 6) is -0.967. The van der Waals surface area contributed by atoms with Gasteiger partial charge in [-0.15, -0.1) is 0 Å². The molecule has 1 aliphatic rings. The first kappa shape index (κ1) is 20.7. The summed E-state index contributed by atoms with van der Waals surface area (Å²) in [6, 6.07) is 14.8. The number of hydrogen-bond donors (Lipinski definition) is 4. The third-order valence-corrected chi connectivity index (χ3v) is 4.75. The van der Waals surface area contributed by atoms with E-state index < -0.39 is 17.5 Å². The lowest BCUT2D eigenvalue weighted by Gasteiger charge is -2.37. The fraction of sp³-hybridized carbons (Fsp3) is 0.300. The summed E-state index contributed by atoms with van der Waals surface area (Å²) in [7, 11) is 0. The fourth-order valence-corrected chi connectivity index (χ4v) is 3.08. The van der Waals surface area contributed by atoms with Crippen molar-refractivity contribution in [1.29, 1.82) is 0 Å². The van der Waals surface area contributed by atoms with Crippen LogP contribution in [0.3, 0.4) is 0 Å². The van der Waals surface area contributed by atoms with E-state index in [1.54, 1.807) is 6.07 Å². The van der Waals surface area contributed by atoms with E-state index in [-0.39, 0.29) is 18.4 Å². The average Bonchev–Trinajstić information content (AvgIpc) is 2.67. The van der Waals surface area contributed by atoms with Gasteiger partial charge in [0.15, 0.2) is 11.7 Å². The molecule has 0 aliphatic carbocycles. The number of nitrogens with zero attached hydrogens (tertiary/aromatic N) is 2. The third kappa shape index (κ3) is 5.05. The minimum absolute atomic E-state index is 0.117. The molecule has 1 aliphatic heterocycles. The molecule has 0 amide bonds. The van der Waals surface area contributed by atoms with Crippen molar-refractivity contribution in [3.63, 3.8) is 0 Å². The number of halogens is 3. The Balaban J connectivity index is 1.70. The fourth-order valence-electron chi connectivity index (χ4n) is 3.08. The highest BCUT2D eigenvalue weighted by molar-refractivity contribution is 6.00. The van der Waals surface area contributed by atoms with Gasteiger partial charge in [-0.05, 0) is 23.6 Å². The van der Waals surface area contributed by atoms with Gasteiger partial charge in [0.2, 0.25) is 5.96 Å². The SMILES string of the molecule is C[C@@H](c1ccccc1)C1(N)N=C(N)NC(=NCCc2cccc(C(F)(F)F)c2)N1. The monoisotopic (exact) mass is 404 g/mol. The summed E-state index contributed by atoms with van der Waals surface area (Å²) in [4.78, 5) is 8.65. The predicted octanol–water partition coefficient (Wildman–Crippen LogP) is 2.53. The van der Waals surface area contributed by atoms with Crippen LogP contribution < -0.4 is 22.1 Å². The molecular formula is C20H23F3N6. The molecule has 1 heterocycles. The van der Waals surface area contributed by atoms with Crippen LogP contribution in [0.5, 0.6) is 0 Å². The van der Waals surface area contributed by atoms with Gasteiger partial charge in [0, 0.05) is 12.5 Å². The number of nitrogens with one attached hydrogen (secondary N) is 2. The zero-order valence-electron chi connectivity index (χ0n) is 15.9. The molecule has 1 unspecified atom stereocenters. The van der Waals surface area contributed by atoms with Crippen molar-refractivity contribution in [3.8, 4) is 0 Å². The Labute approximate surface area is 166 Å². The molecule has 0 saturated carbocycles. The van der Waals surface area contributed by atoms with Crippen molar-refractivity contribution >= 4 is 11.9 Å². The Hall–Kier alpha value is -3.07. The first-order valence-corrected chi connectivity index (χ1v) is 9.12. The molecule has 6 nitrogen and oxygen atoms in total. The van der Waals surface area contributed by atoms with E-state index in [1.807, 2.05) is 37.3 Å². The van der Waals surface area contributed by atoms with Crippen LogP contribution in [0, 0.1) is 0 Å². The normalized spacial score (nSPS) is 21.8. The van der Waals surface area contributed by atoms with Gasteiger partial charge in [0.05, 0.1) is 5.56 Å². The van der Waals surface area contributed by atoms with Crippen LogP contribution in [-0.2, 0) is 12.6 Å². The number of benzene rings is 2. The van der Waals surface area contributed by atoms with Crippen LogP contribution in [0.15, 0.2) is 64.6 Å². The number of alkyl halides is 3. The molecule has 29 heavy (non-hydrogen) atoms. The first-order valence-electron chi connectivity index (χ1n) is 9.12. The van der Waals surface area contributed by atoms with Crippen molar-refractivity contribution < 1.29 is 13.2 Å². The first-order chi connectivity index (χ1) is 13.7. The third-order valence-electron chi connectivity index (χ3n) is 4.75. The maximum atomic E-state index is 12.8. The van der Waals surface area contributed by atoms with E-state index in [4.69, 9.17) is 11.5 Å². The predicted molar refractivity (Wildman–Crippen MR) is 107 cm³/mol. The number of nitrogens with two attached hydrogens (primary N) is 2. The molecule has 0 spiro atoms.